The summed E-state index contributed by atoms with van der Waals surface area (Å²) in [6, 6.07) is 32.7. The summed E-state index contributed by atoms with van der Waals surface area (Å²) in [5, 5.41) is 0. The summed E-state index contributed by atoms with van der Waals surface area (Å²) in [7, 11) is 0. The van der Waals surface area contributed by atoms with E-state index in [4.69, 9.17) is 4.42 Å². The highest BCUT2D eigenvalue weighted by Crippen LogP contribution is 2.30. The SMILES string of the molecule is Cc1cc(CCC(C)c2ccc(-c3ccc(C(C)(C)C)cc3)cc2)ccc1-c1nc2ccccc2o1. The first-order chi connectivity index (χ1) is 17.3. The van der Waals surface area contributed by atoms with Gasteiger partial charge in [0, 0.05) is 5.56 Å². The molecule has 5 aromatic rings. The molecular weight excluding hydrogens is 438 g/mol. The highest BCUT2D eigenvalue weighted by molar-refractivity contribution is 5.76. The van der Waals surface area contributed by atoms with Crippen molar-refractivity contribution in [1.29, 1.82) is 0 Å². The van der Waals surface area contributed by atoms with E-state index in [0.29, 0.717) is 11.8 Å². The smallest absolute Gasteiger partial charge is 0.227 e. The van der Waals surface area contributed by atoms with Crippen LogP contribution in [0.3, 0.4) is 0 Å². The monoisotopic (exact) mass is 473 g/mol. The Labute approximate surface area is 215 Å². The quantitative estimate of drug-likeness (QED) is 0.245. The Kier molecular flexibility index (Phi) is 6.53. The highest BCUT2D eigenvalue weighted by atomic mass is 16.3. The first kappa shape index (κ1) is 24.1. The van der Waals surface area contributed by atoms with Gasteiger partial charge in [0.2, 0.25) is 5.89 Å². The lowest BCUT2D eigenvalue weighted by molar-refractivity contribution is 0.590. The summed E-state index contributed by atoms with van der Waals surface area (Å²) in [6.45, 7) is 11.2. The summed E-state index contributed by atoms with van der Waals surface area (Å²) in [6.07, 6.45) is 2.16. The minimum Gasteiger partial charge on any atom is -0.436 e. The maximum atomic E-state index is 5.98. The lowest BCUT2D eigenvalue weighted by Gasteiger charge is -2.19. The summed E-state index contributed by atoms with van der Waals surface area (Å²) < 4.78 is 5.98. The highest BCUT2D eigenvalue weighted by Gasteiger charge is 2.14. The number of aromatic nitrogens is 1. The van der Waals surface area contributed by atoms with Crippen molar-refractivity contribution in [3.05, 3.63) is 113 Å². The number of benzene rings is 4. The van der Waals surface area contributed by atoms with Gasteiger partial charge in [0.25, 0.3) is 0 Å². The third kappa shape index (κ3) is 5.14. The number of fused-ring (bicyclic) bond motifs is 1. The maximum absolute atomic E-state index is 5.98. The van der Waals surface area contributed by atoms with E-state index in [1.54, 1.807) is 0 Å². The average Bonchev–Trinajstić information content (AvgIpc) is 3.31. The Bertz CT molecular complexity index is 1430. The van der Waals surface area contributed by atoms with Crippen molar-refractivity contribution in [2.24, 2.45) is 0 Å². The largest absolute Gasteiger partial charge is 0.436 e. The van der Waals surface area contributed by atoms with Crippen molar-refractivity contribution >= 4 is 11.1 Å². The molecule has 2 heteroatoms. The normalized spacial score (nSPS) is 12.7. The fraction of sp³-hybridized carbons (Fsp3) is 0.265. The number of para-hydroxylation sites is 2. The number of hydrogen-bond acceptors (Lipinski definition) is 2. The van der Waals surface area contributed by atoms with E-state index in [2.05, 4.69) is 106 Å². The van der Waals surface area contributed by atoms with Crippen LogP contribution in [0.25, 0.3) is 33.7 Å². The molecule has 1 unspecified atom stereocenters. The molecule has 0 aliphatic rings. The van der Waals surface area contributed by atoms with Crippen LogP contribution >= 0.6 is 0 Å². The number of nitrogens with zero attached hydrogens (tertiary/aromatic N) is 1. The van der Waals surface area contributed by atoms with Gasteiger partial charge in [0.1, 0.15) is 5.52 Å². The summed E-state index contributed by atoms with van der Waals surface area (Å²) >= 11 is 0. The van der Waals surface area contributed by atoms with E-state index in [-0.39, 0.29) is 5.41 Å². The summed E-state index contributed by atoms with van der Waals surface area (Å²) in [4.78, 5) is 4.66. The molecule has 1 heterocycles. The Morgan fingerprint density at radius 1 is 0.806 bits per heavy atom. The number of aryl methyl sites for hydroxylation is 2. The van der Waals surface area contributed by atoms with Crippen LogP contribution in [0.4, 0.5) is 0 Å². The Hall–Kier alpha value is -3.65. The molecule has 0 saturated heterocycles. The molecule has 0 N–H and O–H groups in total. The maximum Gasteiger partial charge on any atom is 0.227 e. The molecule has 0 aliphatic carbocycles. The topological polar surface area (TPSA) is 26.0 Å². The van der Waals surface area contributed by atoms with Crippen LogP contribution in [0.1, 0.15) is 62.3 Å². The average molecular weight is 474 g/mol. The second kappa shape index (κ2) is 9.78. The molecule has 4 aromatic carbocycles. The van der Waals surface area contributed by atoms with Gasteiger partial charge < -0.3 is 4.42 Å². The lowest BCUT2D eigenvalue weighted by Crippen LogP contribution is -2.10. The van der Waals surface area contributed by atoms with E-state index in [0.717, 1.165) is 29.5 Å². The third-order valence-corrected chi connectivity index (χ3v) is 7.25. The van der Waals surface area contributed by atoms with Gasteiger partial charge in [-0.1, -0.05) is 100 Å². The summed E-state index contributed by atoms with van der Waals surface area (Å²) in [5.41, 5.74) is 10.8. The van der Waals surface area contributed by atoms with Crippen LogP contribution in [0.5, 0.6) is 0 Å². The molecule has 0 spiro atoms. The molecule has 0 radical (unpaired) electrons. The van der Waals surface area contributed by atoms with E-state index in [1.807, 2.05) is 24.3 Å². The molecular formula is C34H35NO. The van der Waals surface area contributed by atoms with Gasteiger partial charge in [0.15, 0.2) is 5.58 Å². The zero-order valence-electron chi connectivity index (χ0n) is 22.0. The minimum absolute atomic E-state index is 0.182. The number of hydrogen-bond donors (Lipinski definition) is 0. The van der Waals surface area contributed by atoms with Gasteiger partial charge in [-0.3, -0.25) is 0 Å². The zero-order valence-corrected chi connectivity index (χ0v) is 22.0. The molecule has 0 bridgehead atoms. The second-order valence-electron chi connectivity index (χ2n) is 11.0. The van der Waals surface area contributed by atoms with Crippen LogP contribution in [0.2, 0.25) is 0 Å². The van der Waals surface area contributed by atoms with Gasteiger partial charge in [0.05, 0.1) is 0 Å². The molecule has 0 fully saturated rings. The molecule has 0 aliphatic heterocycles. The lowest BCUT2D eigenvalue weighted by atomic mass is 9.86. The van der Waals surface area contributed by atoms with Crippen molar-refractivity contribution in [1.82, 2.24) is 4.98 Å². The number of oxazole rings is 1. The fourth-order valence-electron chi connectivity index (χ4n) is 4.83. The molecule has 2 nitrogen and oxygen atoms in total. The fourth-order valence-corrected chi connectivity index (χ4v) is 4.83. The van der Waals surface area contributed by atoms with Crippen molar-refractivity contribution in [3.63, 3.8) is 0 Å². The van der Waals surface area contributed by atoms with E-state index < -0.39 is 0 Å². The molecule has 5 rings (SSSR count). The zero-order chi connectivity index (χ0) is 25.3. The Balaban J connectivity index is 1.23. The van der Waals surface area contributed by atoms with Crippen LogP contribution in [0, 0.1) is 6.92 Å². The molecule has 36 heavy (non-hydrogen) atoms. The minimum atomic E-state index is 0.182. The van der Waals surface area contributed by atoms with E-state index in [9.17, 15) is 0 Å². The predicted octanol–water partition coefficient (Wildman–Crippen LogP) is 9.50. The van der Waals surface area contributed by atoms with Crippen LogP contribution in [-0.2, 0) is 11.8 Å². The molecule has 182 valence electrons. The molecule has 0 saturated carbocycles. The van der Waals surface area contributed by atoms with Crippen molar-refractivity contribution in [2.75, 3.05) is 0 Å². The van der Waals surface area contributed by atoms with Gasteiger partial charge >= 0.3 is 0 Å². The van der Waals surface area contributed by atoms with Crippen molar-refractivity contribution in [2.45, 2.75) is 58.8 Å². The van der Waals surface area contributed by atoms with Crippen molar-refractivity contribution < 1.29 is 4.42 Å². The Morgan fingerprint density at radius 3 is 2.11 bits per heavy atom. The third-order valence-electron chi connectivity index (χ3n) is 7.25. The number of rotatable bonds is 6. The van der Waals surface area contributed by atoms with Crippen LogP contribution in [-0.4, -0.2) is 4.98 Å². The van der Waals surface area contributed by atoms with Crippen molar-refractivity contribution in [3.8, 4) is 22.6 Å². The van der Waals surface area contributed by atoms with Gasteiger partial charge in [-0.25, -0.2) is 4.98 Å². The standard InChI is InChI=1S/C34H35NO/c1-23(26-13-15-27(16-14-26)28-17-19-29(20-18-28)34(3,4)5)10-11-25-12-21-30(24(2)22-25)33-35-31-8-6-7-9-32(31)36-33/h6-9,12-23H,10-11H2,1-5H3. The van der Waals surface area contributed by atoms with Gasteiger partial charge in [-0.2, -0.15) is 0 Å². The van der Waals surface area contributed by atoms with E-state index in [1.165, 1.54) is 33.4 Å². The molecule has 1 aromatic heterocycles. The Morgan fingerprint density at radius 2 is 1.47 bits per heavy atom. The first-order valence-electron chi connectivity index (χ1n) is 12.9. The van der Waals surface area contributed by atoms with Gasteiger partial charge in [-0.15, -0.1) is 0 Å². The van der Waals surface area contributed by atoms with Crippen LogP contribution < -0.4 is 0 Å². The van der Waals surface area contributed by atoms with Crippen LogP contribution in [0.15, 0.2) is 95.4 Å². The molecule has 0 amide bonds. The van der Waals surface area contributed by atoms with Gasteiger partial charge in [-0.05, 0) is 82.7 Å². The second-order valence-corrected chi connectivity index (χ2v) is 11.0. The van der Waals surface area contributed by atoms with E-state index >= 15 is 0 Å². The molecule has 1 atom stereocenters. The summed E-state index contributed by atoms with van der Waals surface area (Å²) in [5.74, 6) is 1.20. The first-order valence-corrected chi connectivity index (χ1v) is 12.9. The predicted molar refractivity (Wildman–Crippen MR) is 151 cm³/mol.